The first-order chi connectivity index (χ1) is 7.33. The van der Waals surface area contributed by atoms with Crippen LogP contribution < -0.4 is 5.32 Å². The Hall–Kier alpha value is -0.570. The average Bonchev–Trinajstić information content (AvgIpc) is 2.29. The molecule has 0 amide bonds. The summed E-state index contributed by atoms with van der Waals surface area (Å²) in [5, 5.41) is 3.38. The third-order valence-corrected chi connectivity index (χ3v) is 3.18. The van der Waals surface area contributed by atoms with Gasteiger partial charge in [0.2, 0.25) is 0 Å². The lowest BCUT2D eigenvalue weighted by Gasteiger charge is -2.22. The van der Waals surface area contributed by atoms with Crippen LogP contribution in [-0.4, -0.2) is 26.2 Å². The highest BCUT2D eigenvalue weighted by Crippen LogP contribution is 2.19. The molecule has 0 atom stereocenters. The van der Waals surface area contributed by atoms with Crippen LogP contribution >= 0.6 is 0 Å². The number of unbranched alkanes of at least 4 members (excludes halogenated alkanes) is 2. The quantitative estimate of drug-likeness (QED) is 0.542. The van der Waals surface area contributed by atoms with Crippen LogP contribution in [-0.2, 0) is 9.53 Å². The second-order valence-electron chi connectivity index (χ2n) is 4.37. The predicted molar refractivity (Wildman–Crippen MR) is 60.7 cm³/mol. The minimum absolute atomic E-state index is 0.0723. The second-order valence-corrected chi connectivity index (χ2v) is 4.37. The van der Waals surface area contributed by atoms with E-state index in [1.54, 1.807) is 0 Å². The maximum Gasteiger partial charge on any atom is 0.305 e. The number of hydrogen-bond acceptors (Lipinski definition) is 3. The fourth-order valence-corrected chi connectivity index (χ4v) is 2.15. The molecule has 3 heteroatoms. The molecule has 3 nitrogen and oxygen atoms in total. The van der Waals surface area contributed by atoms with E-state index in [2.05, 4.69) is 10.1 Å². The Morgan fingerprint density at radius 3 is 2.67 bits per heavy atom. The van der Waals surface area contributed by atoms with Gasteiger partial charge < -0.3 is 10.1 Å². The van der Waals surface area contributed by atoms with E-state index < -0.39 is 0 Å². The fraction of sp³-hybridized carbons (Fsp3) is 0.917. The van der Waals surface area contributed by atoms with E-state index in [1.165, 1.54) is 52.3 Å². The minimum Gasteiger partial charge on any atom is -0.469 e. The van der Waals surface area contributed by atoms with E-state index in [4.69, 9.17) is 0 Å². The second kappa shape index (κ2) is 7.69. The molecule has 0 aromatic rings. The fourth-order valence-electron chi connectivity index (χ4n) is 2.15. The third kappa shape index (κ3) is 5.78. The summed E-state index contributed by atoms with van der Waals surface area (Å²) in [4.78, 5) is 10.8. The number of rotatable bonds is 6. The maximum absolute atomic E-state index is 10.8. The molecule has 1 saturated heterocycles. The van der Waals surface area contributed by atoms with Crippen molar-refractivity contribution in [2.45, 2.75) is 44.9 Å². The van der Waals surface area contributed by atoms with Gasteiger partial charge >= 0.3 is 5.97 Å². The largest absolute Gasteiger partial charge is 0.469 e. The topological polar surface area (TPSA) is 38.3 Å². The van der Waals surface area contributed by atoms with Gasteiger partial charge in [-0.15, -0.1) is 0 Å². The van der Waals surface area contributed by atoms with E-state index in [0.717, 1.165) is 12.3 Å². The molecule has 1 N–H and O–H groups in total. The van der Waals surface area contributed by atoms with Gasteiger partial charge in [-0.05, 0) is 38.3 Å². The molecular weight excluding hydrogens is 190 g/mol. The summed E-state index contributed by atoms with van der Waals surface area (Å²) >= 11 is 0. The summed E-state index contributed by atoms with van der Waals surface area (Å²) in [6, 6.07) is 0. The zero-order chi connectivity index (χ0) is 10.9. The lowest BCUT2D eigenvalue weighted by Crippen LogP contribution is -2.27. The number of carbonyl (C=O) groups excluding carboxylic acids is 1. The van der Waals surface area contributed by atoms with Crippen LogP contribution in [0.25, 0.3) is 0 Å². The first-order valence-corrected chi connectivity index (χ1v) is 6.10. The van der Waals surface area contributed by atoms with Gasteiger partial charge in [0, 0.05) is 6.42 Å². The van der Waals surface area contributed by atoms with Crippen molar-refractivity contribution >= 4 is 5.97 Å². The number of piperidine rings is 1. The average molecular weight is 213 g/mol. The number of carbonyl (C=O) groups is 1. The summed E-state index contributed by atoms with van der Waals surface area (Å²) in [7, 11) is 1.46. The highest BCUT2D eigenvalue weighted by molar-refractivity contribution is 5.68. The Bertz CT molecular complexity index is 176. The van der Waals surface area contributed by atoms with Gasteiger partial charge in [-0.3, -0.25) is 4.79 Å². The van der Waals surface area contributed by atoms with E-state index in [0.29, 0.717) is 6.42 Å². The molecule has 1 aliphatic rings. The summed E-state index contributed by atoms with van der Waals surface area (Å²) in [5.41, 5.74) is 0. The van der Waals surface area contributed by atoms with Gasteiger partial charge in [0.25, 0.3) is 0 Å². The molecule has 0 bridgehead atoms. The smallest absolute Gasteiger partial charge is 0.305 e. The van der Waals surface area contributed by atoms with Crippen molar-refractivity contribution in [2.75, 3.05) is 20.2 Å². The van der Waals surface area contributed by atoms with Crippen molar-refractivity contribution < 1.29 is 9.53 Å². The molecule has 1 heterocycles. The van der Waals surface area contributed by atoms with Gasteiger partial charge in [0.05, 0.1) is 7.11 Å². The predicted octanol–water partition coefficient (Wildman–Crippen LogP) is 2.11. The summed E-state index contributed by atoms with van der Waals surface area (Å²) < 4.78 is 4.60. The zero-order valence-electron chi connectivity index (χ0n) is 9.76. The van der Waals surface area contributed by atoms with Gasteiger partial charge in [-0.2, -0.15) is 0 Å². The van der Waals surface area contributed by atoms with Crippen LogP contribution in [0.4, 0.5) is 0 Å². The molecule has 0 unspecified atom stereocenters. The van der Waals surface area contributed by atoms with Crippen LogP contribution in [0.3, 0.4) is 0 Å². The monoisotopic (exact) mass is 213 g/mol. The Morgan fingerprint density at radius 1 is 1.27 bits per heavy atom. The van der Waals surface area contributed by atoms with E-state index in [9.17, 15) is 4.79 Å². The molecule has 0 spiro atoms. The number of nitrogens with one attached hydrogen (secondary N) is 1. The Morgan fingerprint density at radius 2 is 2.00 bits per heavy atom. The number of ether oxygens (including phenoxy) is 1. The van der Waals surface area contributed by atoms with Crippen LogP contribution in [0.2, 0.25) is 0 Å². The Kier molecular flexibility index (Phi) is 6.41. The summed E-state index contributed by atoms with van der Waals surface area (Å²) in [6.07, 6.45) is 8.00. The highest BCUT2D eigenvalue weighted by atomic mass is 16.5. The minimum atomic E-state index is -0.0723. The standard InChI is InChI=1S/C12H23NO2/c1-15-12(14)6-4-2-3-5-11-7-9-13-10-8-11/h11,13H,2-10H2,1H3. The molecule has 15 heavy (non-hydrogen) atoms. The molecule has 0 aliphatic carbocycles. The van der Waals surface area contributed by atoms with E-state index in [-0.39, 0.29) is 5.97 Å². The molecular formula is C12H23NO2. The number of hydrogen-bond donors (Lipinski definition) is 1. The van der Waals surface area contributed by atoms with Gasteiger partial charge in [0.1, 0.15) is 0 Å². The van der Waals surface area contributed by atoms with Crippen LogP contribution in [0.1, 0.15) is 44.9 Å². The number of esters is 1. The SMILES string of the molecule is COC(=O)CCCCCC1CCNCC1. The molecule has 0 aromatic heterocycles. The van der Waals surface area contributed by atoms with Crippen molar-refractivity contribution in [1.82, 2.24) is 5.32 Å². The van der Waals surface area contributed by atoms with E-state index >= 15 is 0 Å². The molecule has 88 valence electrons. The van der Waals surface area contributed by atoms with Crippen LogP contribution in [0, 0.1) is 5.92 Å². The van der Waals surface area contributed by atoms with Gasteiger partial charge in [-0.25, -0.2) is 0 Å². The van der Waals surface area contributed by atoms with Crippen molar-refractivity contribution in [1.29, 1.82) is 0 Å². The molecule has 1 rings (SSSR count). The lowest BCUT2D eigenvalue weighted by atomic mass is 9.92. The third-order valence-electron chi connectivity index (χ3n) is 3.18. The van der Waals surface area contributed by atoms with E-state index in [1.807, 2.05) is 0 Å². The van der Waals surface area contributed by atoms with Crippen LogP contribution in [0.15, 0.2) is 0 Å². The highest BCUT2D eigenvalue weighted by Gasteiger charge is 2.11. The van der Waals surface area contributed by atoms with Crippen molar-refractivity contribution in [3.8, 4) is 0 Å². The molecule has 0 aromatic carbocycles. The molecule has 1 fully saturated rings. The van der Waals surface area contributed by atoms with Gasteiger partial charge in [0.15, 0.2) is 0 Å². The maximum atomic E-state index is 10.8. The Balaban J connectivity index is 1.89. The normalized spacial score (nSPS) is 17.7. The summed E-state index contributed by atoms with van der Waals surface area (Å²) in [5.74, 6) is 0.848. The Labute approximate surface area is 92.6 Å². The molecule has 0 saturated carbocycles. The lowest BCUT2D eigenvalue weighted by molar-refractivity contribution is -0.140. The first kappa shape index (κ1) is 12.5. The van der Waals surface area contributed by atoms with Crippen molar-refractivity contribution in [3.63, 3.8) is 0 Å². The van der Waals surface area contributed by atoms with Crippen molar-refractivity contribution in [3.05, 3.63) is 0 Å². The molecule has 1 aliphatic heterocycles. The van der Waals surface area contributed by atoms with Crippen LogP contribution in [0.5, 0.6) is 0 Å². The molecule has 0 radical (unpaired) electrons. The number of methoxy groups -OCH3 is 1. The first-order valence-electron chi connectivity index (χ1n) is 6.10. The zero-order valence-corrected chi connectivity index (χ0v) is 9.76. The summed E-state index contributed by atoms with van der Waals surface area (Å²) in [6.45, 7) is 2.37. The van der Waals surface area contributed by atoms with Crippen molar-refractivity contribution in [2.24, 2.45) is 5.92 Å². The van der Waals surface area contributed by atoms with Gasteiger partial charge in [-0.1, -0.05) is 19.3 Å².